The summed E-state index contributed by atoms with van der Waals surface area (Å²) < 4.78 is 4.70. The summed E-state index contributed by atoms with van der Waals surface area (Å²) in [5.41, 5.74) is -0.369. The van der Waals surface area contributed by atoms with Gasteiger partial charge in [-0.1, -0.05) is 30.3 Å². The van der Waals surface area contributed by atoms with E-state index in [2.05, 4.69) is 22.4 Å². The van der Waals surface area contributed by atoms with Gasteiger partial charge < -0.3 is 4.74 Å². The maximum atomic E-state index is 11.6. The second kappa shape index (κ2) is 4.82. The third-order valence-corrected chi connectivity index (χ3v) is 2.28. The topological polar surface area (TPSA) is 38.7 Å². The number of ether oxygens (including phenoxy) is 1. The van der Waals surface area contributed by atoms with Crippen molar-refractivity contribution in [2.45, 2.75) is 12.5 Å². The number of nitrogens with zero attached hydrogens (tertiary/aromatic N) is 1. The molecule has 1 rings (SSSR count). The van der Waals surface area contributed by atoms with Gasteiger partial charge >= 0.3 is 5.97 Å². The van der Waals surface area contributed by atoms with E-state index in [-0.39, 0.29) is 0 Å². The van der Waals surface area contributed by atoms with E-state index in [1.807, 2.05) is 18.2 Å². The summed E-state index contributed by atoms with van der Waals surface area (Å²) in [6, 6.07) is 9.12. The highest BCUT2D eigenvalue weighted by Gasteiger charge is 2.35. The molecule has 0 N–H and O–H groups in total. The lowest BCUT2D eigenvalue weighted by Crippen LogP contribution is -2.31. The molecular formula is C11H11NO2S. The van der Waals surface area contributed by atoms with Gasteiger partial charge in [-0.05, 0) is 24.7 Å². The van der Waals surface area contributed by atoms with Crippen molar-refractivity contribution in [3.8, 4) is 0 Å². The van der Waals surface area contributed by atoms with E-state index in [0.717, 1.165) is 5.56 Å². The summed E-state index contributed by atoms with van der Waals surface area (Å²) in [6.07, 6.45) is 0. The van der Waals surface area contributed by atoms with Crippen LogP contribution < -0.4 is 0 Å². The molecule has 0 saturated heterocycles. The molecule has 1 aromatic rings. The van der Waals surface area contributed by atoms with E-state index >= 15 is 0 Å². The molecule has 0 amide bonds. The first-order valence-electron chi connectivity index (χ1n) is 4.38. The van der Waals surface area contributed by atoms with Gasteiger partial charge in [0, 0.05) is 0 Å². The van der Waals surface area contributed by atoms with Gasteiger partial charge in [0.2, 0.25) is 0 Å². The number of thiocarbonyl (C=S) groups is 1. The van der Waals surface area contributed by atoms with Gasteiger partial charge in [0.05, 0.1) is 12.3 Å². The van der Waals surface area contributed by atoms with Crippen LogP contribution in [0.15, 0.2) is 35.3 Å². The Bertz CT molecular complexity index is 398. The second-order valence-electron chi connectivity index (χ2n) is 3.13. The molecule has 0 aromatic heterocycles. The smallest absolute Gasteiger partial charge is 0.338 e. The lowest BCUT2D eigenvalue weighted by Gasteiger charge is -2.20. The third kappa shape index (κ3) is 2.29. The number of isothiocyanates is 1. The van der Waals surface area contributed by atoms with Crippen molar-refractivity contribution in [2.24, 2.45) is 4.99 Å². The number of esters is 1. The number of benzene rings is 1. The van der Waals surface area contributed by atoms with Crippen LogP contribution in [0.1, 0.15) is 12.5 Å². The molecule has 0 bridgehead atoms. The Morgan fingerprint density at radius 2 is 2.07 bits per heavy atom. The van der Waals surface area contributed by atoms with Gasteiger partial charge in [-0.15, -0.1) is 0 Å². The van der Waals surface area contributed by atoms with Crippen LogP contribution in [-0.2, 0) is 15.1 Å². The van der Waals surface area contributed by atoms with Crippen LogP contribution in [0.5, 0.6) is 0 Å². The van der Waals surface area contributed by atoms with Crippen molar-refractivity contribution in [3.05, 3.63) is 35.9 Å². The maximum absolute atomic E-state index is 11.6. The van der Waals surface area contributed by atoms with E-state index in [1.165, 1.54) is 7.11 Å². The largest absolute Gasteiger partial charge is 0.467 e. The number of aliphatic imine (C=N–C) groups is 1. The first-order valence-corrected chi connectivity index (χ1v) is 4.79. The van der Waals surface area contributed by atoms with Crippen LogP contribution in [-0.4, -0.2) is 18.2 Å². The average molecular weight is 221 g/mol. The van der Waals surface area contributed by atoms with Gasteiger partial charge in [0.25, 0.3) is 0 Å². The van der Waals surface area contributed by atoms with Gasteiger partial charge in [-0.3, -0.25) is 0 Å². The Morgan fingerprint density at radius 3 is 2.53 bits per heavy atom. The molecular weight excluding hydrogens is 210 g/mol. The molecule has 1 aromatic carbocycles. The fourth-order valence-electron chi connectivity index (χ4n) is 1.28. The Kier molecular flexibility index (Phi) is 3.72. The molecule has 0 fully saturated rings. The van der Waals surface area contributed by atoms with Crippen LogP contribution in [0.2, 0.25) is 0 Å². The molecule has 0 heterocycles. The van der Waals surface area contributed by atoms with E-state index in [0.29, 0.717) is 0 Å². The summed E-state index contributed by atoms with van der Waals surface area (Å²) >= 11 is 4.54. The van der Waals surface area contributed by atoms with Crippen molar-refractivity contribution in [3.63, 3.8) is 0 Å². The van der Waals surface area contributed by atoms with E-state index in [4.69, 9.17) is 4.74 Å². The first kappa shape index (κ1) is 11.6. The van der Waals surface area contributed by atoms with Crippen LogP contribution >= 0.6 is 12.2 Å². The van der Waals surface area contributed by atoms with Crippen molar-refractivity contribution in [1.82, 2.24) is 0 Å². The number of rotatable bonds is 3. The number of hydrogen-bond acceptors (Lipinski definition) is 4. The highest BCUT2D eigenvalue weighted by Crippen LogP contribution is 2.26. The van der Waals surface area contributed by atoms with Crippen molar-refractivity contribution in [2.75, 3.05) is 7.11 Å². The second-order valence-corrected chi connectivity index (χ2v) is 3.32. The van der Waals surface area contributed by atoms with Gasteiger partial charge in [0.15, 0.2) is 5.54 Å². The minimum Gasteiger partial charge on any atom is -0.467 e. The molecule has 15 heavy (non-hydrogen) atoms. The lowest BCUT2D eigenvalue weighted by molar-refractivity contribution is -0.146. The fraction of sp³-hybridized carbons (Fsp3) is 0.273. The van der Waals surface area contributed by atoms with Crippen LogP contribution in [0.4, 0.5) is 0 Å². The standard InChI is InChI=1S/C11H11NO2S/c1-11(12-8-15,10(13)14-2)9-6-4-3-5-7-9/h3-7H,1-2H3/t11-/m1/s1. The lowest BCUT2D eigenvalue weighted by atomic mass is 9.93. The van der Waals surface area contributed by atoms with Crippen LogP contribution in [0.25, 0.3) is 0 Å². The maximum Gasteiger partial charge on any atom is 0.338 e. The molecule has 3 nitrogen and oxygen atoms in total. The van der Waals surface area contributed by atoms with Gasteiger partial charge in [-0.2, -0.15) is 0 Å². The van der Waals surface area contributed by atoms with Crippen molar-refractivity contribution >= 4 is 23.3 Å². The van der Waals surface area contributed by atoms with E-state index < -0.39 is 11.5 Å². The molecule has 1 atom stereocenters. The molecule has 0 aliphatic rings. The quantitative estimate of drug-likeness (QED) is 0.446. The van der Waals surface area contributed by atoms with Crippen LogP contribution in [0, 0.1) is 0 Å². The normalized spacial score (nSPS) is 13.5. The van der Waals surface area contributed by atoms with Crippen molar-refractivity contribution < 1.29 is 9.53 Å². The average Bonchev–Trinajstić information content (AvgIpc) is 2.29. The Labute approximate surface area is 93.8 Å². The summed E-state index contributed by atoms with van der Waals surface area (Å²) in [7, 11) is 1.32. The molecule has 0 aliphatic heterocycles. The Hall–Kier alpha value is -1.51. The predicted octanol–water partition coefficient (Wildman–Crippen LogP) is 2.18. The molecule has 0 aliphatic carbocycles. The van der Waals surface area contributed by atoms with E-state index in [1.54, 1.807) is 19.1 Å². The zero-order chi connectivity index (χ0) is 11.3. The Morgan fingerprint density at radius 1 is 1.47 bits per heavy atom. The first-order chi connectivity index (χ1) is 7.15. The minimum absolute atomic E-state index is 0.453. The fourth-order valence-corrected chi connectivity index (χ4v) is 1.46. The zero-order valence-corrected chi connectivity index (χ0v) is 9.38. The predicted molar refractivity (Wildman–Crippen MR) is 60.8 cm³/mol. The van der Waals surface area contributed by atoms with Crippen molar-refractivity contribution in [1.29, 1.82) is 0 Å². The summed E-state index contributed by atoms with van der Waals surface area (Å²) in [5.74, 6) is -0.453. The zero-order valence-electron chi connectivity index (χ0n) is 8.56. The van der Waals surface area contributed by atoms with Gasteiger partial charge in [0.1, 0.15) is 0 Å². The Balaban J connectivity index is 3.24. The number of carbonyl (C=O) groups is 1. The summed E-state index contributed by atoms with van der Waals surface area (Å²) in [5, 5.41) is 2.23. The number of methoxy groups -OCH3 is 1. The molecule has 0 unspecified atom stereocenters. The minimum atomic E-state index is -1.10. The monoisotopic (exact) mass is 221 g/mol. The highest BCUT2D eigenvalue weighted by molar-refractivity contribution is 7.78. The number of carbonyl (C=O) groups excluding carboxylic acids is 1. The molecule has 0 saturated carbocycles. The van der Waals surface area contributed by atoms with E-state index in [9.17, 15) is 4.79 Å². The van der Waals surface area contributed by atoms with Crippen LogP contribution in [0.3, 0.4) is 0 Å². The summed E-state index contributed by atoms with van der Waals surface area (Å²) in [4.78, 5) is 15.5. The molecule has 0 radical (unpaired) electrons. The van der Waals surface area contributed by atoms with Gasteiger partial charge in [-0.25, -0.2) is 9.79 Å². The molecule has 78 valence electrons. The molecule has 0 spiro atoms. The summed E-state index contributed by atoms with van der Waals surface area (Å²) in [6.45, 7) is 1.65. The SMILES string of the molecule is COC(=O)[C@](C)(N=C=S)c1ccccc1. The third-order valence-electron chi connectivity index (χ3n) is 2.19. The number of hydrogen-bond donors (Lipinski definition) is 0. The highest BCUT2D eigenvalue weighted by atomic mass is 32.1. The molecule has 4 heteroatoms.